The van der Waals surface area contributed by atoms with Crippen LogP contribution >= 0.6 is 0 Å². The maximum atomic E-state index is 12.7. The van der Waals surface area contributed by atoms with Gasteiger partial charge in [-0.15, -0.1) is 0 Å². The van der Waals surface area contributed by atoms with E-state index in [9.17, 15) is 4.79 Å². The van der Waals surface area contributed by atoms with E-state index in [2.05, 4.69) is 26.4 Å². The van der Waals surface area contributed by atoms with Gasteiger partial charge in [0.25, 0.3) is 0 Å². The summed E-state index contributed by atoms with van der Waals surface area (Å²) in [7, 11) is 0. The first-order valence-electron chi connectivity index (χ1n) is 10.4. The number of imidazole rings is 1. The van der Waals surface area contributed by atoms with Crippen LogP contribution in [0, 0.1) is 12.8 Å². The minimum atomic E-state index is 0.372. The number of nitrogens with zero attached hydrogens (tertiary/aromatic N) is 4. The number of aromatic nitrogens is 3. The monoisotopic (exact) mass is 366 g/mol. The Bertz CT molecular complexity index is 756. The molecule has 5 heteroatoms. The smallest absolute Gasteiger partial charge is 0.222 e. The van der Waals surface area contributed by atoms with Crippen molar-refractivity contribution >= 4 is 5.91 Å². The van der Waals surface area contributed by atoms with Gasteiger partial charge in [-0.05, 0) is 50.7 Å². The Morgan fingerprint density at radius 1 is 1.07 bits per heavy atom. The summed E-state index contributed by atoms with van der Waals surface area (Å²) in [5, 5.41) is 0. The lowest BCUT2D eigenvalue weighted by Crippen LogP contribution is -2.40. The standard InChI is InChI=1S/C22H30N4O/c1-17-16-24-22(19-7-11-23-12-8-19)26(17)20-9-13-25(14-10-20)21(27)15-18-5-3-2-4-6-18/h7-8,11-12,16,18,20H,2-6,9-10,13-15H2,1H3. The van der Waals surface area contributed by atoms with Crippen LogP contribution < -0.4 is 0 Å². The molecule has 2 fully saturated rings. The van der Waals surface area contributed by atoms with Crippen LogP contribution in [0.3, 0.4) is 0 Å². The number of carbonyl (C=O) groups excluding carboxylic acids is 1. The number of hydrogen-bond acceptors (Lipinski definition) is 3. The molecule has 1 saturated carbocycles. The zero-order chi connectivity index (χ0) is 18.6. The molecular weight excluding hydrogens is 336 g/mol. The van der Waals surface area contributed by atoms with Crippen LogP contribution in [0.15, 0.2) is 30.7 Å². The number of amides is 1. The van der Waals surface area contributed by atoms with Gasteiger partial charge in [0.1, 0.15) is 5.82 Å². The molecule has 27 heavy (non-hydrogen) atoms. The number of hydrogen-bond donors (Lipinski definition) is 0. The van der Waals surface area contributed by atoms with Gasteiger partial charge in [0, 0.05) is 55.4 Å². The van der Waals surface area contributed by atoms with E-state index in [-0.39, 0.29) is 0 Å². The molecule has 1 saturated heterocycles. The van der Waals surface area contributed by atoms with Crippen LogP contribution in [0.4, 0.5) is 0 Å². The van der Waals surface area contributed by atoms with Crippen LogP contribution in [0.5, 0.6) is 0 Å². The molecule has 0 radical (unpaired) electrons. The summed E-state index contributed by atoms with van der Waals surface area (Å²) in [6.45, 7) is 3.85. The predicted octanol–water partition coefficient (Wildman–Crippen LogP) is 4.39. The lowest BCUT2D eigenvalue weighted by molar-refractivity contribution is -0.133. The van der Waals surface area contributed by atoms with Gasteiger partial charge in [0.15, 0.2) is 0 Å². The third-order valence-corrected chi connectivity index (χ3v) is 6.29. The van der Waals surface area contributed by atoms with Crippen LogP contribution in [0.1, 0.15) is 63.1 Å². The van der Waals surface area contributed by atoms with Crippen molar-refractivity contribution in [2.24, 2.45) is 5.92 Å². The second kappa shape index (κ2) is 8.24. The molecule has 0 atom stereocenters. The number of rotatable bonds is 4. The van der Waals surface area contributed by atoms with Crippen LogP contribution in [-0.4, -0.2) is 38.4 Å². The summed E-state index contributed by atoms with van der Waals surface area (Å²) in [5.41, 5.74) is 2.29. The largest absolute Gasteiger partial charge is 0.343 e. The van der Waals surface area contributed by atoms with Gasteiger partial charge in [0.2, 0.25) is 5.91 Å². The molecule has 0 aromatic carbocycles. The first-order chi connectivity index (χ1) is 13.2. The summed E-state index contributed by atoms with van der Waals surface area (Å²) in [6, 6.07) is 4.44. The fraction of sp³-hybridized carbons (Fsp3) is 0.591. The molecule has 144 valence electrons. The van der Waals surface area contributed by atoms with Crippen LogP contribution in [-0.2, 0) is 4.79 Å². The highest BCUT2D eigenvalue weighted by Crippen LogP contribution is 2.31. The molecule has 2 aliphatic rings. The topological polar surface area (TPSA) is 51.0 Å². The van der Waals surface area contributed by atoms with Crippen molar-refractivity contribution < 1.29 is 4.79 Å². The van der Waals surface area contributed by atoms with E-state index in [1.54, 1.807) is 0 Å². The lowest BCUT2D eigenvalue weighted by Gasteiger charge is -2.35. The first kappa shape index (κ1) is 18.2. The SMILES string of the molecule is Cc1cnc(-c2ccncc2)n1C1CCN(C(=O)CC2CCCCC2)CC1. The summed E-state index contributed by atoms with van der Waals surface area (Å²) in [6.07, 6.45) is 14.8. The maximum absolute atomic E-state index is 12.7. The minimum Gasteiger partial charge on any atom is -0.343 e. The first-order valence-corrected chi connectivity index (χ1v) is 10.4. The summed E-state index contributed by atoms with van der Waals surface area (Å²) >= 11 is 0. The zero-order valence-electron chi connectivity index (χ0n) is 16.3. The van der Waals surface area contributed by atoms with E-state index in [0.717, 1.165) is 43.7 Å². The molecule has 3 heterocycles. The molecule has 4 rings (SSSR count). The van der Waals surface area contributed by atoms with Crippen molar-refractivity contribution in [1.82, 2.24) is 19.4 Å². The molecule has 2 aromatic rings. The molecule has 1 aliphatic carbocycles. The Hall–Kier alpha value is -2.17. The van der Waals surface area contributed by atoms with E-state index in [1.807, 2.05) is 30.7 Å². The average Bonchev–Trinajstić information content (AvgIpc) is 3.11. The second-order valence-electron chi connectivity index (χ2n) is 8.15. The van der Waals surface area contributed by atoms with Gasteiger partial charge >= 0.3 is 0 Å². The second-order valence-corrected chi connectivity index (χ2v) is 8.15. The number of likely N-dealkylation sites (tertiary alicyclic amines) is 1. The number of piperidine rings is 1. The molecule has 0 N–H and O–H groups in total. The zero-order valence-corrected chi connectivity index (χ0v) is 16.3. The van der Waals surface area contributed by atoms with E-state index >= 15 is 0 Å². The summed E-state index contributed by atoms with van der Waals surface area (Å²) in [5.74, 6) is 2.01. The van der Waals surface area contributed by atoms with Crippen LogP contribution in [0.2, 0.25) is 0 Å². The van der Waals surface area contributed by atoms with Crippen molar-refractivity contribution in [3.8, 4) is 11.4 Å². The lowest BCUT2D eigenvalue weighted by atomic mass is 9.86. The van der Waals surface area contributed by atoms with E-state index < -0.39 is 0 Å². The highest BCUT2D eigenvalue weighted by atomic mass is 16.2. The molecule has 1 aliphatic heterocycles. The molecule has 0 unspecified atom stereocenters. The van der Waals surface area contributed by atoms with E-state index in [0.29, 0.717) is 17.9 Å². The number of aryl methyl sites for hydroxylation is 1. The van der Waals surface area contributed by atoms with Crippen molar-refractivity contribution in [2.45, 2.75) is 64.3 Å². The fourth-order valence-electron chi connectivity index (χ4n) is 4.76. The molecular formula is C22H30N4O. The number of pyridine rings is 1. The average molecular weight is 367 g/mol. The van der Waals surface area contributed by atoms with Gasteiger partial charge in [-0.2, -0.15) is 0 Å². The highest BCUT2D eigenvalue weighted by Gasteiger charge is 2.28. The van der Waals surface area contributed by atoms with Gasteiger partial charge in [-0.1, -0.05) is 19.3 Å². The van der Waals surface area contributed by atoms with E-state index in [4.69, 9.17) is 0 Å². The quantitative estimate of drug-likeness (QED) is 0.806. The highest BCUT2D eigenvalue weighted by molar-refractivity contribution is 5.76. The number of carbonyl (C=O) groups is 1. The van der Waals surface area contributed by atoms with E-state index in [1.165, 1.54) is 37.8 Å². The van der Waals surface area contributed by atoms with Gasteiger partial charge < -0.3 is 9.47 Å². The van der Waals surface area contributed by atoms with Gasteiger partial charge in [0.05, 0.1) is 0 Å². The van der Waals surface area contributed by atoms with Crippen molar-refractivity contribution in [3.63, 3.8) is 0 Å². The summed E-state index contributed by atoms with van der Waals surface area (Å²) in [4.78, 5) is 23.6. The molecule has 5 nitrogen and oxygen atoms in total. The summed E-state index contributed by atoms with van der Waals surface area (Å²) < 4.78 is 2.36. The maximum Gasteiger partial charge on any atom is 0.222 e. The Morgan fingerprint density at radius 2 is 1.78 bits per heavy atom. The fourth-order valence-corrected chi connectivity index (χ4v) is 4.76. The third kappa shape index (κ3) is 4.07. The Morgan fingerprint density at radius 3 is 2.48 bits per heavy atom. The molecule has 0 bridgehead atoms. The Labute approximate surface area is 161 Å². The van der Waals surface area contributed by atoms with Crippen molar-refractivity contribution in [2.75, 3.05) is 13.1 Å². The molecule has 0 spiro atoms. The molecule has 1 amide bonds. The Balaban J connectivity index is 1.40. The normalized spacial score (nSPS) is 19.4. The predicted molar refractivity (Wildman–Crippen MR) is 106 cm³/mol. The van der Waals surface area contributed by atoms with Gasteiger partial charge in [-0.3, -0.25) is 9.78 Å². The molecule has 2 aromatic heterocycles. The van der Waals surface area contributed by atoms with Gasteiger partial charge in [-0.25, -0.2) is 4.98 Å². The third-order valence-electron chi connectivity index (χ3n) is 6.29. The minimum absolute atomic E-state index is 0.372. The Kier molecular flexibility index (Phi) is 5.55. The van der Waals surface area contributed by atoms with Crippen molar-refractivity contribution in [3.05, 3.63) is 36.4 Å². The van der Waals surface area contributed by atoms with Crippen LogP contribution in [0.25, 0.3) is 11.4 Å². The van der Waals surface area contributed by atoms with Crippen molar-refractivity contribution in [1.29, 1.82) is 0 Å².